The first kappa shape index (κ1) is 27.7. The maximum absolute atomic E-state index is 3.96. The molecule has 37 heavy (non-hydrogen) atoms. The average Bonchev–Trinajstić information content (AvgIpc) is 3.44. The fourth-order valence-electron chi connectivity index (χ4n) is 6.93. The summed E-state index contributed by atoms with van der Waals surface area (Å²) in [4.78, 5) is 2.78. The summed E-state index contributed by atoms with van der Waals surface area (Å²) in [6.45, 7) is 16.1. The van der Waals surface area contributed by atoms with Crippen LogP contribution in [-0.2, 0) is 0 Å². The van der Waals surface area contributed by atoms with E-state index in [2.05, 4.69) is 113 Å². The molecule has 0 amide bonds. The van der Waals surface area contributed by atoms with Gasteiger partial charge >= 0.3 is 0 Å². The summed E-state index contributed by atoms with van der Waals surface area (Å²) >= 11 is 0. The van der Waals surface area contributed by atoms with Crippen LogP contribution in [0.15, 0.2) is 73.3 Å². The van der Waals surface area contributed by atoms with Gasteiger partial charge in [-0.1, -0.05) is 126 Å². The van der Waals surface area contributed by atoms with Crippen LogP contribution in [0.4, 0.5) is 0 Å². The molecule has 0 heterocycles. The van der Waals surface area contributed by atoms with Crippen LogP contribution < -0.4 is 0 Å². The number of benzene rings is 2. The molecule has 4 rings (SSSR count). The van der Waals surface area contributed by atoms with E-state index >= 15 is 0 Å². The third kappa shape index (κ3) is 6.06. The molecule has 0 radical (unpaired) electrons. The van der Waals surface area contributed by atoms with Crippen molar-refractivity contribution in [1.82, 2.24) is 4.81 Å². The monoisotopic (exact) mass is 493 g/mol. The molecule has 2 heteroatoms. The van der Waals surface area contributed by atoms with Crippen LogP contribution in [0, 0.1) is 0 Å². The second kappa shape index (κ2) is 13.0. The van der Waals surface area contributed by atoms with E-state index in [1.807, 2.05) is 0 Å². The molecule has 0 N–H and O–H groups in total. The molecule has 196 valence electrons. The van der Waals surface area contributed by atoms with Crippen molar-refractivity contribution in [2.24, 2.45) is 0 Å². The standard InChI is InChI=1S/C35H48BN/c1-7-9-11-13-19-29-25-35(33-23-17-15-21-31(29)33)36(37(26(3)4)27(5)6)34-24-28(18-12-10-8-2)30-20-14-16-22-32(30)34/h8,14-17,20-28,35H,2,7,9-13,18-19H2,1,3-6H3. The van der Waals surface area contributed by atoms with E-state index in [-0.39, 0.29) is 0 Å². The van der Waals surface area contributed by atoms with Gasteiger partial charge in [0.15, 0.2) is 0 Å². The molecule has 2 unspecified atom stereocenters. The third-order valence-corrected chi connectivity index (χ3v) is 8.49. The summed E-state index contributed by atoms with van der Waals surface area (Å²) in [6.07, 6.45) is 17.3. The van der Waals surface area contributed by atoms with Gasteiger partial charge in [0.1, 0.15) is 0 Å². The molecule has 2 aromatic carbocycles. The van der Waals surface area contributed by atoms with Crippen molar-refractivity contribution in [3.63, 3.8) is 0 Å². The first-order chi connectivity index (χ1) is 18.0. The van der Waals surface area contributed by atoms with Crippen LogP contribution in [0.1, 0.15) is 120 Å². The quantitative estimate of drug-likeness (QED) is 0.144. The van der Waals surface area contributed by atoms with Gasteiger partial charge in [0.05, 0.1) is 0 Å². The normalized spacial score (nSPS) is 18.3. The smallest absolute Gasteiger partial charge is 0.270 e. The number of hydrogen-bond acceptors (Lipinski definition) is 1. The molecule has 1 nitrogen and oxygen atoms in total. The topological polar surface area (TPSA) is 3.24 Å². The van der Waals surface area contributed by atoms with Gasteiger partial charge < -0.3 is 4.81 Å². The van der Waals surface area contributed by atoms with E-state index in [9.17, 15) is 0 Å². The molecule has 0 bridgehead atoms. The van der Waals surface area contributed by atoms with Crippen molar-refractivity contribution < 1.29 is 0 Å². The van der Waals surface area contributed by atoms with Gasteiger partial charge in [0.2, 0.25) is 0 Å². The molecule has 2 atom stereocenters. The van der Waals surface area contributed by atoms with Gasteiger partial charge in [-0.15, -0.1) is 6.58 Å². The van der Waals surface area contributed by atoms with Crippen molar-refractivity contribution in [1.29, 1.82) is 0 Å². The van der Waals surface area contributed by atoms with Crippen LogP contribution in [0.3, 0.4) is 0 Å². The second-order valence-corrected chi connectivity index (χ2v) is 11.7. The zero-order valence-corrected chi connectivity index (χ0v) is 24.0. The van der Waals surface area contributed by atoms with Crippen LogP contribution in [-0.4, -0.2) is 23.7 Å². The first-order valence-corrected chi connectivity index (χ1v) is 15.0. The highest BCUT2D eigenvalue weighted by atomic mass is 15.1. The predicted octanol–water partition coefficient (Wildman–Crippen LogP) is 9.86. The Morgan fingerprint density at radius 3 is 2.19 bits per heavy atom. The van der Waals surface area contributed by atoms with Crippen LogP contribution in [0.5, 0.6) is 0 Å². The number of hydrogen-bond donors (Lipinski definition) is 0. The summed E-state index contributed by atoms with van der Waals surface area (Å²) < 4.78 is 0. The molecule has 2 aliphatic carbocycles. The Hall–Kier alpha value is -2.32. The molecule has 0 aromatic heterocycles. The van der Waals surface area contributed by atoms with E-state index in [1.165, 1.54) is 67.2 Å². The number of nitrogens with zero attached hydrogens (tertiary/aromatic N) is 1. The average molecular weight is 494 g/mol. The number of fused-ring (bicyclic) bond motifs is 2. The summed E-state index contributed by atoms with van der Waals surface area (Å²) in [5.74, 6) is 0.886. The van der Waals surface area contributed by atoms with Gasteiger partial charge in [-0.3, -0.25) is 0 Å². The predicted molar refractivity (Wildman–Crippen MR) is 165 cm³/mol. The van der Waals surface area contributed by atoms with Crippen molar-refractivity contribution in [2.75, 3.05) is 0 Å². The van der Waals surface area contributed by atoms with Crippen molar-refractivity contribution >= 4 is 17.9 Å². The molecule has 2 aliphatic rings. The van der Waals surface area contributed by atoms with Crippen LogP contribution in [0.25, 0.3) is 11.0 Å². The third-order valence-electron chi connectivity index (χ3n) is 8.49. The Bertz CT molecular complexity index is 1100. The minimum atomic E-state index is 0.333. The lowest BCUT2D eigenvalue weighted by Crippen LogP contribution is -2.51. The maximum Gasteiger partial charge on any atom is 0.270 e. The molecule has 2 aromatic rings. The van der Waals surface area contributed by atoms with Crippen LogP contribution in [0.2, 0.25) is 0 Å². The Morgan fingerprint density at radius 1 is 0.838 bits per heavy atom. The Morgan fingerprint density at radius 2 is 1.51 bits per heavy atom. The van der Waals surface area contributed by atoms with E-state index < -0.39 is 0 Å². The molecular formula is C35H48BN. The Kier molecular flexibility index (Phi) is 9.71. The Labute approximate surface area is 227 Å². The lowest BCUT2D eigenvalue weighted by atomic mass is 9.42. The number of allylic oxidation sites excluding steroid dienone is 4. The molecule has 0 spiro atoms. The van der Waals surface area contributed by atoms with E-state index in [0.29, 0.717) is 30.7 Å². The number of rotatable bonds is 14. The van der Waals surface area contributed by atoms with E-state index in [4.69, 9.17) is 0 Å². The van der Waals surface area contributed by atoms with E-state index in [1.54, 1.807) is 11.0 Å². The van der Waals surface area contributed by atoms with Gasteiger partial charge in [-0.25, -0.2) is 0 Å². The highest BCUT2D eigenvalue weighted by Crippen LogP contribution is 2.48. The minimum absolute atomic E-state index is 0.333. The zero-order valence-electron chi connectivity index (χ0n) is 24.0. The molecule has 0 saturated carbocycles. The Balaban J connectivity index is 1.79. The van der Waals surface area contributed by atoms with Gasteiger partial charge in [-0.05, 0) is 72.0 Å². The lowest BCUT2D eigenvalue weighted by Gasteiger charge is -2.40. The van der Waals surface area contributed by atoms with Crippen molar-refractivity contribution in [2.45, 2.75) is 110 Å². The highest BCUT2D eigenvalue weighted by molar-refractivity contribution is 6.79. The van der Waals surface area contributed by atoms with Crippen molar-refractivity contribution in [3.05, 3.63) is 95.6 Å². The minimum Gasteiger partial charge on any atom is -0.333 e. The zero-order chi connectivity index (χ0) is 26.4. The summed E-state index contributed by atoms with van der Waals surface area (Å²) in [7, 11) is 0. The first-order valence-electron chi connectivity index (χ1n) is 15.0. The summed E-state index contributed by atoms with van der Waals surface area (Å²) in [6, 6.07) is 19.4. The van der Waals surface area contributed by atoms with Gasteiger partial charge in [0.25, 0.3) is 6.85 Å². The molecule has 0 aliphatic heterocycles. The summed E-state index contributed by atoms with van der Waals surface area (Å²) in [5, 5.41) is 0. The summed E-state index contributed by atoms with van der Waals surface area (Å²) in [5.41, 5.74) is 9.14. The van der Waals surface area contributed by atoms with Crippen molar-refractivity contribution in [3.8, 4) is 0 Å². The molecule has 0 saturated heterocycles. The number of unbranched alkanes of at least 4 members (excludes halogenated alkanes) is 4. The lowest BCUT2D eigenvalue weighted by molar-refractivity contribution is 0.304. The fourth-order valence-corrected chi connectivity index (χ4v) is 6.93. The highest BCUT2D eigenvalue weighted by Gasteiger charge is 2.43. The van der Waals surface area contributed by atoms with Gasteiger partial charge in [0, 0.05) is 11.7 Å². The maximum atomic E-state index is 3.96. The largest absolute Gasteiger partial charge is 0.333 e. The second-order valence-electron chi connectivity index (χ2n) is 11.7. The van der Waals surface area contributed by atoms with Gasteiger partial charge in [-0.2, -0.15) is 0 Å². The molecule has 0 fully saturated rings. The fraction of sp³-hybridized carbons (Fsp3) is 0.486. The van der Waals surface area contributed by atoms with Crippen LogP contribution >= 0.6 is 0 Å². The SMILES string of the molecule is C=CCCCC1C=C(B(C2C=C(CCCCCC)c3ccccc32)N(C(C)C)C(C)C)c2ccccc21. The molecular weight excluding hydrogens is 445 g/mol. The van der Waals surface area contributed by atoms with E-state index in [0.717, 1.165) is 6.42 Å².